The quantitative estimate of drug-likeness (QED) is 0.343. The van der Waals surface area contributed by atoms with E-state index in [1.165, 1.54) is 4.88 Å². The molecule has 0 radical (unpaired) electrons. The van der Waals surface area contributed by atoms with E-state index in [2.05, 4.69) is 38.5 Å². The van der Waals surface area contributed by atoms with Gasteiger partial charge in [-0.15, -0.1) is 35.3 Å². The normalized spacial score (nSPS) is 15.1. The van der Waals surface area contributed by atoms with Crippen molar-refractivity contribution in [1.82, 2.24) is 20.0 Å². The number of aliphatic imine (C=N–C) groups is 1. The molecule has 0 aromatic carbocycles. The number of nitrogens with zero attached hydrogens (tertiary/aromatic N) is 5. The molecule has 27 heavy (non-hydrogen) atoms. The topological polar surface area (TPSA) is 65.8 Å². The Labute approximate surface area is 189 Å². The molecule has 1 N–H and O–H groups in total. The third-order valence-electron chi connectivity index (χ3n) is 4.11. The SMILES string of the molecule is CCNC(=NCCc1ccc(Br)s1)N1CCN(c2cnn(C)c2)C(=O)C1.I. The second-order valence-corrected chi connectivity index (χ2v) is 8.58. The van der Waals surface area contributed by atoms with Gasteiger partial charge in [0.25, 0.3) is 0 Å². The van der Waals surface area contributed by atoms with Crippen molar-refractivity contribution in [2.75, 3.05) is 37.6 Å². The molecule has 0 saturated carbocycles. The third kappa shape index (κ3) is 5.92. The van der Waals surface area contributed by atoms with Crippen LogP contribution in [0.15, 0.2) is 33.3 Å². The van der Waals surface area contributed by atoms with E-state index >= 15 is 0 Å². The maximum Gasteiger partial charge on any atom is 0.246 e. The Balaban J connectivity index is 0.00000261. The molecule has 7 nitrogen and oxygen atoms in total. The highest BCUT2D eigenvalue weighted by molar-refractivity contribution is 14.0. The van der Waals surface area contributed by atoms with Crippen molar-refractivity contribution in [3.05, 3.63) is 33.2 Å². The minimum Gasteiger partial charge on any atom is -0.357 e. The molecule has 1 fully saturated rings. The first-order chi connectivity index (χ1) is 12.6. The van der Waals surface area contributed by atoms with Crippen molar-refractivity contribution < 1.29 is 4.79 Å². The minimum absolute atomic E-state index is 0. The van der Waals surface area contributed by atoms with Gasteiger partial charge in [0, 0.05) is 50.7 Å². The van der Waals surface area contributed by atoms with E-state index in [1.54, 1.807) is 27.1 Å². The van der Waals surface area contributed by atoms with Crippen LogP contribution in [0, 0.1) is 0 Å². The summed E-state index contributed by atoms with van der Waals surface area (Å²) in [4.78, 5) is 22.4. The zero-order valence-corrected chi connectivity index (χ0v) is 20.1. The molecule has 3 rings (SSSR count). The molecule has 1 aliphatic heterocycles. The van der Waals surface area contributed by atoms with Gasteiger partial charge in [0.1, 0.15) is 6.54 Å². The highest BCUT2D eigenvalue weighted by atomic mass is 127. The fourth-order valence-electron chi connectivity index (χ4n) is 2.86. The number of halogens is 2. The predicted octanol–water partition coefficient (Wildman–Crippen LogP) is 2.72. The standard InChI is InChI=1S/C17H23BrN6OS.HI/c1-3-19-17(20-7-6-14-4-5-15(18)26-14)23-8-9-24(16(25)12-23)13-10-21-22(2)11-13;/h4-5,10-11H,3,6-9,12H2,1-2H3,(H,19,20);1H. The number of piperazine rings is 1. The van der Waals surface area contributed by atoms with Crippen LogP contribution in [-0.2, 0) is 18.3 Å². The van der Waals surface area contributed by atoms with Crippen LogP contribution in [0.4, 0.5) is 5.69 Å². The van der Waals surface area contributed by atoms with Crippen LogP contribution in [0.2, 0.25) is 0 Å². The summed E-state index contributed by atoms with van der Waals surface area (Å²) >= 11 is 5.22. The van der Waals surface area contributed by atoms with Crippen molar-refractivity contribution in [3.63, 3.8) is 0 Å². The van der Waals surface area contributed by atoms with Gasteiger partial charge in [-0.05, 0) is 35.0 Å². The van der Waals surface area contributed by atoms with E-state index in [0.717, 1.165) is 34.9 Å². The van der Waals surface area contributed by atoms with Crippen LogP contribution in [0.3, 0.4) is 0 Å². The number of guanidine groups is 1. The van der Waals surface area contributed by atoms with Crippen LogP contribution in [-0.4, -0.2) is 59.3 Å². The van der Waals surface area contributed by atoms with Crippen molar-refractivity contribution in [2.24, 2.45) is 12.0 Å². The van der Waals surface area contributed by atoms with Crippen LogP contribution < -0.4 is 10.2 Å². The van der Waals surface area contributed by atoms with Gasteiger partial charge in [0.15, 0.2) is 5.96 Å². The lowest BCUT2D eigenvalue weighted by Gasteiger charge is -2.35. The number of hydrogen-bond acceptors (Lipinski definition) is 4. The number of thiophene rings is 1. The number of aryl methyl sites for hydroxylation is 1. The summed E-state index contributed by atoms with van der Waals surface area (Å²) in [6.45, 7) is 5.22. The van der Waals surface area contributed by atoms with E-state index in [4.69, 9.17) is 4.99 Å². The maximum atomic E-state index is 12.6. The Bertz CT molecular complexity index is 792. The number of nitrogens with one attached hydrogen (secondary N) is 1. The van der Waals surface area contributed by atoms with Gasteiger partial charge in [-0.25, -0.2) is 0 Å². The third-order valence-corrected chi connectivity index (χ3v) is 5.79. The summed E-state index contributed by atoms with van der Waals surface area (Å²) in [5.74, 6) is 0.874. The molecule has 0 spiro atoms. The fourth-order valence-corrected chi connectivity index (χ4v) is 4.33. The van der Waals surface area contributed by atoms with E-state index in [0.29, 0.717) is 19.6 Å². The lowest BCUT2D eigenvalue weighted by molar-refractivity contribution is -0.120. The molecule has 10 heteroatoms. The maximum absolute atomic E-state index is 12.6. The fraction of sp³-hybridized carbons (Fsp3) is 0.471. The highest BCUT2D eigenvalue weighted by Crippen LogP contribution is 2.22. The molecule has 1 aliphatic rings. The van der Waals surface area contributed by atoms with Gasteiger partial charge >= 0.3 is 0 Å². The summed E-state index contributed by atoms with van der Waals surface area (Å²) in [6, 6.07) is 4.18. The van der Waals surface area contributed by atoms with Gasteiger partial charge in [0.2, 0.25) is 5.91 Å². The van der Waals surface area contributed by atoms with Crippen LogP contribution in [0.5, 0.6) is 0 Å². The highest BCUT2D eigenvalue weighted by Gasteiger charge is 2.27. The summed E-state index contributed by atoms with van der Waals surface area (Å²) < 4.78 is 2.85. The lowest BCUT2D eigenvalue weighted by Crippen LogP contribution is -2.55. The van der Waals surface area contributed by atoms with Crippen molar-refractivity contribution in [1.29, 1.82) is 0 Å². The second-order valence-electron chi connectivity index (χ2n) is 6.03. The molecule has 0 atom stereocenters. The van der Waals surface area contributed by atoms with Crippen molar-refractivity contribution in [2.45, 2.75) is 13.3 Å². The molecule has 0 bridgehead atoms. The smallest absolute Gasteiger partial charge is 0.246 e. The van der Waals surface area contributed by atoms with E-state index in [-0.39, 0.29) is 29.9 Å². The molecule has 2 aromatic rings. The largest absolute Gasteiger partial charge is 0.357 e. The number of rotatable bonds is 5. The predicted molar refractivity (Wildman–Crippen MR) is 124 cm³/mol. The lowest BCUT2D eigenvalue weighted by atomic mass is 10.3. The summed E-state index contributed by atoms with van der Waals surface area (Å²) in [7, 11) is 1.85. The number of anilines is 1. The molecule has 1 amide bonds. The van der Waals surface area contributed by atoms with Crippen molar-refractivity contribution >= 4 is 68.8 Å². The Morgan fingerprint density at radius 2 is 2.22 bits per heavy atom. The summed E-state index contributed by atoms with van der Waals surface area (Å²) in [6.07, 6.45) is 4.49. The molecule has 1 saturated heterocycles. The van der Waals surface area contributed by atoms with E-state index in [1.807, 2.05) is 25.1 Å². The minimum atomic E-state index is 0. The van der Waals surface area contributed by atoms with Gasteiger partial charge in [-0.1, -0.05) is 0 Å². The second kappa shape index (κ2) is 10.4. The average Bonchev–Trinajstić information content (AvgIpc) is 3.22. The Kier molecular flexibility index (Phi) is 8.55. The van der Waals surface area contributed by atoms with Crippen LogP contribution >= 0.6 is 51.2 Å². The number of aromatic nitrogens is 2. The number of carbonyl (C=O) groups is 1. The van der Waals surface area contributed by atoms with Crippen LogP contribution in [0.25, 0.3) is 0 Å². The van der Waals surface area contributed by atoms with Crippen molar-refractivity contribution in [3.8, 4) is 0 Å². The molecule has 3 heterocycles. The Morgan fingerprint density at radius 3 is 2.81 bits per heavy atom. The average molecular weight is 567 g/mol. The monoisotopic (exact) mass is 566 g/mol. The van der Waals surface area contributed by atoms with E-state index < -0.39 is 0 Å². The van der Waals surface area contributed by atoms with Gasteiger partial charge < -0.3 is 15.1 Å². The molecule has 148 valence electrons. The first-order valence-electron chi connectivity index (χ1n) is 8.63. The van der Waals surface area contributed by atoms with Gasteiger partial charge in [0.05, 0.1) is 15.7 Å². The Morgan fingerprint density at radius 1 is 1.41 bits per heavy atom. The van der Waals surface area contributed by atoms with Gasteiger partial charge in [-0.2, -0.15) is 5.10 Å². The molecule has 0 aliphatic carbocycles. The first-order valence-corrected chi connectivity index (χ1v) is 10.2. The zero-order chi connectivity index (χ0) is 18.5. The van der Waals surface area contributed by atoms with E-state index in [9.17, 15) is 4.79 Å². The molecule has 0 unspecified atom stereocenters. The van der Waals surface area contributed by atoms with Crippen LogP contribution in [0.1, 0.15) is 11.8 Å². The van der Waals surface area contributed by atoms with Gasteiger partial charge in [-0.3, -0.25) is 14.5 Å². The molecular weight excluding hydrogens is 543 g/mol. The molecular formula is C17H24BrIN6OS. The number of hydrogen-bond donors (Lipinski definition) is 1. The Hall–Kier alpha value is -1.14. The molecule has 2 aromatic heterocycles. The number of amides is 1. The first kappa shape index (κ1) is 22.2. The zero-order valence-electron chi connectivity index (χ0n) is 15.4. The number of carbonyl (C=O) groups excluding carboxylic acids is 1. The summed E-state index contributed by atoms with van der Waals surface area (Å²) in [5, 5.41) is 7.46. The summed E-state index contributed by atoms with van der Waals surface area (Å²) in [5.41, 5.74) is 0.849.